The van der Waals surface area contributed by atoms with Crippen molar-refractivity contribution in [3.63, 3.8) is 0 Å². The van der Waals surface area contributed by atoms with Gasteiger partial charge in [-0.05, 0) is 40.2 Å². The molecule has 1 aromatic carbocycles. The van der Waals surface area contributed by atoms with Gasteiger partial charge in [-0.2, -0.15) is 0 Å². The highest BCUT2D eigenvalue weighted by Crippen LogP contribution is 2.14. The number of rotatable bonds is 4. The summed E-state index contributed by atoms with van der Waals surface area (Å²) in [6.07, 6.45) is 0. The average Bonchev–Trinajstić information content (AvgIpc) is 2.24. The van der Waals surface area contributed by atoms with Crippen molar-refractivity contribution in [2.24, 2.45) is 0 Å². The lowest BCUT2D eigenvalue weighted by Crippen LogP contribution is -2.47. The van der Waals surface area contributed by atoms with E-state index in [1.807, 2.05) is 45.9 Å². The Bertz CT molecular complexity index is 585. The Balaban J connectivity index is 2.86. The first-order chi connectivity index (χ1) is 9.01. The van der Waals surface area contributed by atoms with Crippen molar-refractivity contribution >= 4 is 15.7 Å². The number of nitrogens with one attached hydrogen (secondary N) is 1. The first kappa shape index (κ1) is 16.7. The second-order valence-corrected chi connectivity index (χ2v) is 8.50. The fraction of sp³-hybridized carbons (Fsp3) is 0.533. The third-order valence-electron chi connectivity index (χ3n) is 2.86. The lowest BCUT2D eigenvalue weighted by Gasteiger charge is -2.23. The maximum absolute atomic E-state index is 12.3. The number of sulfone groups is 1. The first-order valence-electron chi connectivity index (χ1n) is 6.60. The van der Waals surface area contributed by atoms with Crippen molar-refractivity contribution in [2.75, 3.05) is 0 Å². The van der Waals surface area contributed by atoms with E-state index in [9.17, 15) is 13.2 Å². The number of hydrogen-bond donors (Lipinski definition) is 1. The summed E-state index contributed by atoms with van der Waals surface area (Å²) in [7, 11) is -3.51. The fourth-order valence-corrected chi connectivity index (χ4v) is 3.07. The summed E-state index contributed by atoms with van der Waals surface area (Å²) in [5.41, 5.74) is 1.27. The van der Waals surface area contributed by atoms with Crippen LogP contribution in [0.4, 0.5) is 0 Å². The topological polar surface area (TPSA) is 63.2 Å². The molecule has 0 heterocycles. The summed E-state index contributed by atoms with van der Waals surface area (Å²) in [6.45, 7) is 8.82. The zero-order valence-corrected chi connectivity index (χ0v) is 13.5. The van der Waals surface area contributed by atoms with Crippen LogP contribution in [0, 0.1) is 6.92 Å². The van der Waals surface area contributed by atoms with Crippen LogP contribution in [0.15, 0.2) is 24.3 Å². The van der Waals surface area contributed by atoms with Crippen molar-refractivity contribution in [1.29, 1.82) is 0 Å². The molecule has 0 unspecified atom stereocenters. The van der Waals surface area contributed by atoms with E-state index in [4.69, 9.17) is 0 Å². The predicted molar refractivity (Wildman–Crippen MR) is 81.2 cm³/mol. The van der Waals surface area contributed by atoms with Crippen molar-refractivity contribution in [1.82, 2.24) is 5.32 Å². The van der Waals surface area contributed by atoms with E-state index in [-0.39, 0.29) is 5.75 Å². The second kappa shape index (κ2) is 5.95. The summed E-state index contributed by atoms with van der Waals surface area (Å²) in [6, 6.07) is 7.32. The number of carbonyl (C=O) groups excluding carboxylic acids is 1. The van der Waals surface area contributed by atoms with E-state index in [1.165, 1.54) is 6.92 Å². The Morgan fingerprint density at radius 1 is 1.30 bits per heavy atom. The van der Waals surface area contributed by atoms with Crippen molar-refractivity contribution in [3.8, 4) is 0 Å². The minimum Gasteiger partial charge on any atom is -0.350 e. The van der Waals surface area contributed by atoms with Gasteiger partial charge in [0.15, 0.2) is 9.84 Å². The molecule has 0 aliphatic carbocycles. The predicted octanol–water partition coefficient (Wildman–Crippen LogP) is 2.21. The minimum absolute atomic E-state index is 0.118. The minimum atomic E-state index is -3.51. The molecule has 1 rings (SSSR count). The van der Waals surface area contributed by atoms with Gasteiger partial charge in [-0.3, -0.25) is 4.79 Å². The van der Waals surface area contributed by atoms with Crippen molar-refractivity contribution in [3.05, 3.63) is 35.4 Å². The quantitative estimate of drug-likeness (QED) is 0.927. The zero-order valence-electron chi connectivity index (χ0n) is 12.7. The van der Waals surface area contributed by atoms with Gasteiger partial charge >= 0.3 is 0 Å². The van der Waals surface area contributed by atoms with Crippen LogP contribution in [0.5, 0.6) is 0 Å². The second-order valence-electron chi connectivity index (χ2n) is 6.18. The van der Waals surface area contributed by atoms with E-state index >= 15 is 0 Å². The fourth-order valence-electron chi connectivity index (χ4n) is 1.79. The molecule has 112 valence electrons. The van der Waals surface area contributed by atoms with E-state index < -0.39 is 26.5 Å². The molecule has 1 N–H and O–H groups in total. The molecule has 0 aliphatic heterocycles. The van der Waals surface area contributed by atoms with Crippen molar-refractivity contribution < 1.29 is 13.2 Å². The lowest BCUT2D eigenvalue weighted by molar-refractivity contribution is -0.121. The van der Waals surface area contributed by atoms with Crippen LogP contribution in [0.1, 0.15) is 38.8 Å². The first-order valence-corrected chi connectivity index (χ1v) is 8.32. The average molecular weight is 297 g/mol. The number of aryl methyl sites for hydroxylation is 1. The Kier molecular flexibility index (Phi) is 4.97. The summed E-state index contributed by atoms with van der Waals surface area (Å²) >= 11 is 0. The molecule has 0 saturated heterocycles. The van der Waals surface area contributed by atoms with Gasteiger partial charge in [-0.25, -0.2) is 8.42 Å². The van der Waals surface area contributed by atoms with Gasteiger partial charge < -0.3 is 5.32 Å². The molecule has 0 bridgehead atoms. The summed E-state index contributed by atoms with van der Waals surface area (Å²) in [5, 5.41) is 1.65. The van der Waals surface area contributed by atoms with Gasteiger partial charge in [0.25, 0.3) is 0 Å². The van der Waals surface area contributed by atoms with Gasteiger partial charge in [0.05, 0.1) is 5.75 Å². The van der Waals surface area contributed by atoms with Crippen LogP contribution >= 0.6 is 0 Å². The largest absolute Gasteiger partial charge is 0.350 e. The van der Waals surface area contributed by atoms with Crippen LogP contribution in [0.2, 0.25) is 0 Å². The molecule has 5 heteroatoms. The molecular formula is C15H23NO3S. The zero-order chi connectivity index (χ0) is 15.6. The Labute approximate surface area is 121 Å². The number of benzene rings is 1. The third kappa shape index (κ3) is 4.96. The standard InChI is InChI=1S/C15H23NO3S/c1-11-7-6-8-13(9-11)10-20(18,19)12(2)14(17)16-15(3,4)5/h6-9,12H,10H2,1-5H3,(H,16,17)/t12-/m1/s1. The molecule has 0 saturated carbocycles. The molecule has 1 aromatic rings. The number of amides is 1. The molecule has 1 atom stereocenters. The van der Waals surface area contributed by atoms with E-state index in [0.717, 1.165) is 5.56 Å². The smallest absolute Gasteiger partial charge is 0.238 e. The van der Waals surface area contributed by atoms with Gasteiger partial charge in [-0.1, -0.05) is 29.8 Å². The molecule has 4 nitrogen and oxygen atoms in total. The summed E-state index contributed by atoms with van der Waals surface area (Å²) < 4.78 is 24.6. The Morgan fingerprint density at radius 2 is 1.90 bits per heavy atom. The van der Waals surface area contributed by atoms with Gasteiger partial charge in [0.1, 0.15) is 5.25 Å². The van der Waals surface area contributed by atoms with Gasteiger partial charge in [0.2, 0.25) is 5.91 Å². The molecule has 0 fully saturated rings. The summed E-state index contributed by atoms with van der Waals surface area (Å²) in [4.78, 5) is 12.0. The highest BCUT2D eigenvalue weighted by molar-refractivity contribution is 7.92. The van der Waals surface area contributed by atoms with Crippen molar-refractivity contribution in [2.45, 2.75) is 51.2 Å². The molecule has 0 aromatic heterocycles. The molecule has 0 radical (unpaired) electrons. The highest BCUT2D eigenvalue weighted by Gasteiger charge is 2.30. The Morgan fingerprint density at radius 3 is 2.40 bits per heavy atom. The van der Waals surface area contributed by atoms with Gasteiger partial charge in [0, 0.05) is 5.54 Å². The van der Waals surface area contributed by atoms with E-state index in [2.05, 4.69) is 5.32 Å². The van der Waals surface area contributed by atoms with E-state index in [1.54, 1.807) is 6.07 Å². The van der Waals surface area contributed by atoms with Crippen LogP contribution in [-0.2, 0) is 20.4 Å². The molecule has 1 amide bonds. The van der Waals surface area contributed by atoms with Gasteiger partial charge in [-0.15, -0.1) is 0 Å². The van der Waals surface area contributed by atoms with E-state index in [0.29, 0.717) is 5.56 Å². The molecule has 0 spiro atoms. The number of carbonyl (C=O) groups is 1. The highest BCUT2D eigenvalue weighted by atomic mass is 32.2. The van der Waals surface area contributed by atoms with Crippen LogP contribution in [-0.4, -0.2) is 25.1 Å². The molecule has 0 aliphatic rings. The third-order valence-corrected chi connectivity index (χ3v) is 4.88. The monoisotopic (exact) mass is 297 g/mol. The van der Waals surface area contributed by atoms with Crippen LogP contribution in [0.3, 0.4) is 0 Å². The van der Waals surface area contributed by atoms with Crippen LogP contribution in [0.25, 0.3) is 0 Å². The molecule has 20 heavy (non-hydrogen) atoms. The van der Waals surface area contributed by atoms with Crippen LogP contribution < -0.4 is 5.32 Å². The number of hydrogen-bond acceptors (Lipinski definition) is 3. The lowest BCUT2D eigenvalue weighted by atomic mass is 10.1. The maximum atomic E-state index is 12.3. The maximum Gasteiger partial charge on any atom is 0.238 e. The summed E-state index contributed by atoms with van der Waals surface area (Å²) in [5.74, 6) is -0.571. The Hall–Kier alpha value is -1.36. The SMILES string of the molecule is Cc1cccc(CS(=O)(=O)[C@H](C)C(=O)NC(C)(C)C)c1. The normalized spacial score (nSPS) is 13.8. The molecular weight excluding hydrogens is 274 g/mol.